The molecule has 1 aromatic rings. The fourth-order valence-corrected chi connectivity index (χ4v) is 4.72. The summed E-state index contributed by atoms with van der Waals surface area (Å²) in [6.07, 6.45) is 11.3. The molecule has 1 aromatic heterocycles. The minimum atomic E-state index is -0.399. The third-order valence-corrected chi connectivity index (χ3v) is 6.30. The number of amides is 1. The Morgan fingerprint density at radius 2 is 1.96 bits per heavy atom. The number of likely N-dealkylation sites (tertiary alicyclic amines) is 1. The molecule has 2 saturated heterocycles. The monoisotopic (exact) mass is 372 g/mol. The standard InChI is InChI=1S/C20H28N4O3/c1-27-16-11-21-19(22-12-16)24-10-7-17(25)20(14-24)8-4-9-23(13-20)18(26)15-5-2-3-6-15/h2-3,11-12,15,17,25H,4-10,13-14H2,1H3/t17-,20+/m1/s1. The molecular weight excluding hydrogens is 344 g/mol. The molecular formula is C20H28N4O3. The maximum absolute atomic E-state index is 12.9. The lowest BCUT2D eigenvalue weighted by molar-refractivity contribution is -0.141. The van der Waals surface area contributed by atoms with Crippen LogP contribution in [0.15, 0.2) is 24.5 Å². The first-order valence-electron chi connectivity index (χ1n) is 9.84. The summed E-state index contributed by atoms with van der Waals surface area (Å²) in [6.45, 7) is 2.81. The third-order valence-electron chi connectivity index (χ3n) is 6.30. The van der Waals surface area contributed by atoms with Gasteiger partial charge >= 0.3 is 0 Å². The Hall–Kier alpha value is -2.15. The van der Waals surface area contributed by atoms with Crippen LogP contribution >= 0.6 is 0 Å². The zero-order valence-corrected chi connectivity index (χ0v) is 15.9. The molecule has 1 aliphatic carbocycles. The quantitative estimate of drug-likeness (QED) is 0.813. The molecule has 0 saturated carbocycles. The van der Waals surface area contributed by atoms with Gasteiger partial charge in [0.2, 0.25) is 11.9 Å². The van der Waals surface area contributed by atoms with E-state index in [2.05, 4.69) is 27.0 Å². The number of anilines is 1. The van der Waals surface area contributed by atoms with E-state index in [-0.39, 0.29) is 17.2 Å². The first kappa shape index (κ1) is 18.2. The SMILES string of the molecule is COc1cnc(N2CC[C@@H](O)[C@]3(CCCN(C(=O)C4CC=CC4)C3)C2)nc1. The summed E-state index contributed by atoms with van der Waals surface area (Å²) >= 11 is 0. The van der Waals surface area contributed by atoms with Gasteiger partial charge in [0.05, 0.1) is 25.6 Å². The molecule has 1 N–H and O–H groups in total. The molecule has 2 aliphatic heterocycles. The van der Waals surface area contributed by atoms with Gasteiger partial charge < -0.3 is 19.6 Å². The third kappa shape index (κ3) is 3.52. The van der Waals surface area contributed by atoms with Gasteiger partial charge in [-0.15, -0.1) is 0 Å². The molecule has 7 nitrogen and oxygen atoms in total. The summed E-state index contributed by atoms with van der Waals surface area (Å²) in [5.41, 5.74) is -0.304. The molecule has 7 heteroatoms. The summed E-state index contributed by atoms with van der Waals surface area (Å²) in [4.78, 5) is 25.9. The van der Waals surface area contributed by atoms with Crippen molar-refractivity contribution in [2.75, 3.05) is 38.2 Å². The zero-order chi connectivity index (χ0) is 18.9. The number of nitrogens with zero attached hydrogens (tertiary/aromatic N) is 4. The lowest BCUT2D eigenvalue weighted by Gasteiger charge is -2.51. The fourth-order valence-electron chi connectivity index (χ4n) is 4.72. The van der Waals surface area contributed by atoms with Crippen LogP contribution in [0.5, 0.6) is 5.75 Å². The molecule has 0 aromatic carbocycles. The maximum Gasteiger partial charge on any atom is 0.226 e. The number of methoxy groups -OCH3 is 1. The predicted molar refractivity (Wildman–Crippen MR) is 102 cm³/mol. The van der Waals surface area contributed by atoms with Crippen molar-refractivity contribution in [3.05, 3.63) is 24.5 Å². The summed E-state index contributed by atoms with van der Waals surface area (Å²) in [6, 6.07) is 0. The zero-order valence-electron chi connectivity index (χ0n) is 15.9. The summed E-state index contributed by atoms with van der Waals surface area (Å²) in [5, 5.41) is 10.9. The number of aromatic nitrogens is 2. The number of hydrogen-bond acceptors (Lipinski definition) is 6. The van der Waals surface area contributed by atoms with Crippen molar-refractivity contribution in [3.8, 4) is 5.75 Å². The van der Waals surface area contributed by atoms with Gasteiger partial charge in [0.15, 0.2) is 5.75 Å². The molecule has 146 valence electrons. The Labute approximate surface area is 160 Å². The molecule has 4 rings (SSSR count). The van der Waals surface area contributed by atoms with Crippen LogP contribution < -0.4 is 9.64 Å². The topological polar surface area (TPSA) is 78.8 Å². The van der Waals surface area contributed by atoms with Gasteiger partial charge in [-0.3, -0.25) is 4.79 Å². The minimum absolute atomic E-state index is 0.0851. The van der Waals surface area contributed by atoms with Gasteiger partial charge in [0.25, 0.3) is 0 Å². The highest BCUT2D eigenvalue weighted by Gasteiger charge is 2.47. The van der Waals surface area contributed by atoms with Crippen molar-refractivity contribution in [3.63, 3.8) is 0 Å². The average molecular weight is 372 g/mol. The number of carbonyl (C=O) groups is 1. The normalized spacial score (nSPS) is 28.7. The summed E-state index contributed by atoms with van der Waals surface area (Å²) in [7, 11) is 1.60. The highest BCUT2D eigenvalue weighted by atomic mass is 16.5. The van der Waals surface area contributed by atoms with Gasteiger partial charge in [-0.05, 0) is 32.1 Å². The number of aliphatic hydroxyl groups excluding tert-OH is 1. The Kier molecular flexibility index (Phi) is 5.04. The van der Waals surface area contributed by atoms with Gasteiger partial charge in [-0.2, -0.15) is 0 Å². The number of hydrogen-bond donors (Lipinski definition) is 1. The van der Waals surface area contributed by atoms with Crippen molar-refractivity contribution in [2.24, 2.45) is 11.3 Å². The number of allylic oxidation sites excluding steroid dienone is 2. The lowest BCUT2D eigenvalue weighted by atomic mass is 9.71. The van der Waals surface area contributed by atoms with Gasteiger partial charge in [0, 0.05) is 37.5 Å². The number of ether oxygens (including phenoxy) is 1. The second-order valence-corrected chi connectivity index (χ2v) is 8.01. The van der Waals surface area contributed by atoms with Crippen LogP contribution in [-0.4, -0.2) is 65.3 Å². The molecule has 0 radical (unpaired) electrons. The second kappa shape index (κ2) is 7.46. The van der Waals surface area contributed by atoms with E-state index in [1.165, 1.54) is 0 Å². The Morgan fingerprint density at radius 3 is 2.67 bits per heavy atom. The lowest BCUT2D eigenvalue weighted by Crippen LogP contribution is -2.60. The van der Waals surface area contributed by atoms with Crippen molar-refractivity contribution in [2.45, 2.75) is 38.2 Å². The summed E-state index contributed by atoms with van der Waals surface area (Å²) in [5.74, 6) is 1.61. The maximum atomic E-state index is 12.9. The van der Waals surface area contributed by atoms with Crippen molar-refractivity contribution in [1.82, 2.24) is 14.9 Å². The van der Waals surface area contributed by atoms with Crippen molar-refractivity contribution < 1.29 is 14.6 Å². The van der Waals surface area contributed by atoms with E-state index in [0.29, 0.717) is 31.2 Å². The largest absolute Gasteiger partial charge is 0.494 e. The first-order valence-corrected chi connectivity index (χ1v) is 9.84. The molecule has 0 bridgehead atoms. The summed E-state index contributed by atoms with van der Waals surface area (Å²) < 4.78 is 5.14. The molecule has 1 amide bonds. The number of piperidine rings is 2. The van der Waals surface area contributed by atoms with Gasteiger partial charge in [-0.1, -0.05) is 12.2 Å². The Morgan fingerprint density at radius 1 is 1.22 bits per heavy atom. The number of aliphatic hydroxyl groups is 1. The van der Waals surface area contributed by atoms with Crippen LogP contribution in [0.25, 0.3) is 0 Å². The Balaban J connectivity index is 1.49. The van der Waals surface area contributed by atoms with E-state index < -0.39 is 6.10 Å². The van der Waals surface area contributed by atoms with E-state index in [1.807, 2.05) is 4.90 Å². The minimum Gasteiger partial charge on any atom is -0.494 e. The van der Waals surface area contributed by atoms with E-state index in [9.17, 15) is 9.90 Å². The Bertz CT molecular complexity index is 700. The van der Waals surface area contributed by atoms with Crippen LogP contribution in [0.2, 0.25) is 0 Å². The van der Waals surface area contributed by atoms with Crippen LogP contribution in [0, 0.1) is 11.3 Å². The molecule has 0 unspecified atom stereocenters. The van der Waals surface area contributed by atoms with Crippen LogP contribution in [0.1, 0.15) is 32.1 Å². The molecule has 3 aliphatic rings. The van der Waals surface area contributed by atoms with E-state index >= 15 is 0 Å². The van der Waals surface area contributed by atoms with E-state index in [0.717, 1.165) is 38.8 Å². The average Bonchev–Trinajstić information content (AvgIpc) is 3.25. The van der Waals surface area contributed by atoms with Crippen molar-refractivity contribution in [1.29, 1.82) is 0 Å². The van der Waals surface area contributed by atoms with Gasteiger partial charge in [0.1, 0.15) is 0 Å². The van der Waals surface area contributed by atoms with Crippen LogP contribution in [0.3, 0.4) is 0 Å². The molecule has 2 fully saturated rings. The van der Waals surface area contributed by atoms with Gasteiger partial charge in [-0.25, -0.2) is 9.97 Å². The van der Waals surface area contributed by atoms with E-state index in [1.54, 1.807) is 19.5 Å². The van der Waals surface area contributed by atoms with Crippen LogP contribution in [-0.2, 0) is 4.79 Å². The molecule has 27 heavy (non-hydrogen) atoms. The first-order chi connectivity index (χ1) is 13.1. The number of carbonyl (C=O) groups excluding carboxylic acids is 1. The fraction of sp³-hybridized carbons (Fsp3) is 0.650. The molecule has 3 heterocycles. The smallest absolute Gasteiger partial charge is 0.226 e. The molecule has 2 atom stereocenters. The van der Waals surface area contributed by atoms with Crippen LogP contribution in [0.4, 0.5) is 5.95 Å². The highest BCUT2D eigenvalue weighted by molar-refractivity contribution is 5.79. The number of rotatable bonds is 3. The molecule has 1 spiro atoms. The second-order valence-electron chi connectivity index (χ2n) is 8.01. The van der Waals surface area contributed by atoms with E-state index in [4.69, 9.17) is 4.74 Å². The highest BCUT2D eigenvalue weighted by Crippen LogP contribution is 2.40. The van der Waals surface area contributed by atoms with Crippen molar-refractivity contribution >= 4 is 11.9 Å². The predicted octanol–water partition coefficient (Wildman–Crippen LogP) is 1.63.